The van der Waals surface area contributed by atoms with E-state index >= 15 is 0 Å². The average molecular weight is 460 g/mol. The van der Waals surface area contributed by atoms with E-state index in [4.69, 9.17) is 11.6 Å². The number of benzene rings is 1. The van der Waals surface area contributed by atoms with Gasteiger partial charge in [-0.25, -0.2) is 0 Å². The van der Waals surface area contributed by atoms with Gasteiger partial charge < -0.3 is 16.0 Å². The van der Waals surface area contributed by atoms with E-state index in [1.54, 1.807) is 6.92 Å². The maximum absolute atomic E-state index is 12.4. The van der Waals surface area contributed by atoms with Crippen molar-refractivity contribution in [2.45, 2.75) is 83.1 Å². The predicted molar refractivity (Wildman–Crippen MR) is 136 cm³/mol. The highest BCUT2D eigenvalue weighted by atomic mass is 35.5. The highest BCUT2D eigenvalue weighted by molar-refractivity contribution is 6.27. The molecule has 6 nitrogen and oxygen atoms in total. The van der Waals surface area contributed by atoms with Crippen LogP contribution in [0.5, 0.6) is 0 Å². The van der Waals surface area contributed by atoms with E-state index in [1.807, 2.05) is 75.3 Å². The number of hydrogen-bond acceptors (Lipinski definition) is 3. The van der Waals surface area contributed by atoms with Crippen LogP contribution in [0, 0.1) is 20.8 Å². The third-order valence-electron chi connectivity index (χ3n) is 3.35. The molecule has 0 aliphatic heterocycles. The highest BCUT2D eigenvalue weighted by Gasteiger charge is 2.17. The topological polar surface area (TPSA) is 87.3 Å². The number of hydrogen-bond donors (Lipinski definition) is 3. The Kier molecular flexibility index (Phi) is 28.3. The van der Waals surface area contributed by atoms with Crippen LogP contribution < -0.4 is 16.0 Å². The van der Waals surface area contributed by atoms with Crippen molar-refractivity contribution in [1.29, 1.82) is 0 Å². The number of anilines is 1. The van der Waals surface area contributed by atoms with Crippen molar-refractivity contribution in [2.75, 3.05) is 24.3 Å². The quantitative estimate of drug-likeness (QED) is 0.373. The summed E-state index contributed by atoms with van der Waals surface area (Å²) in [5.41, 5.74) is 3.64. The summed E-state index contributed by atoms with van der Waals surface area (Å²) in [6, 6.07) is 1.86. The van der Waals surface area contributed by atoms with Crippen LogP contribution in [0.1, 0.15) is 89.4 Å². The summed E-state index contributed by atoms with van der Waals surface area (Å²) in [6.45, 7) is 23.6. The molecule has 0 atom stereocenters. The van der Waals surface area contributed by atoms with Gasteiger partial charge in [-0.2, -0.15) is 0 Å². The minimum atomic E-state index is -0.281. The first-order valence-corrected chi connectivity index (χ1v) is 11.8. The van der Waals surface area contributed by atoms with Crippen LogP contribution in [0.2, 0.25) is 0 Å². The third kappa shape index (κ3) is 15.4. The largest absolute Gasteiger partial charge is 0.353 e. The average Bonchev–Trinajstić information content (AvgIpc) is 2.79. The van der Waals surface area contributed by atoms with E-state index in [-0.39, 0.29) is 23.6 Å². The van der Waals surface area contributed by atoms with Crippen LogP contribution in [0.25, 0.3) is 0 Å². The predicted octanol–water partition coefficient (Wildman–Crippen LogP) is 5.76. The minimum absolute atomic E-state index is 0.107. The van der Waals surface area contributed by atoms with Crippen LogP contribution in [0.3, 0.4) is 0 Å². The summed E-state index contributed by atoms with van der Waals surface area (Å²) < 4.78 is 0. The molecule has 0 spiro atoms. The molecule has 0 aromatic heterocycles. The van der Waals surface area contributed by atoms with Gasteiger partial charge in [0.05, 0.1) is 0 Å². The Morgan fingerprint density at radius 3 is 1.68 bits per heavy atom. The maximum atomic E-state index is 12.4. The molecule has 0 saturated heterocycles. The molecule has 0 aliphatic rings. The standard InChI is InChI=1S/C16H22ClN3O3.4C2H6/c1-9-7-10(2)15(20-12(4)21)11(3)14(9)16(23)19-6-5-18-13(22)8-17;4*1-2/h7H,5-6,8H2,1-4H3,(H,18,22)(H,19,23)(H,20,21);4*1-2H3. The zero-order valence-corrected chi connectivity index (χ0v) is 22.6. The molecule has 0 radical (unpaired) electrons. The second-order valence-corrected chi connectivity index (χ2v) is 5.57. The number of nitrogens with one attached hydrogen (secondary N) is 3. The Morgan fingerprint density at radius 1 is 0.806 bits per heavy atom. The van der Waals surface area contributed by atoms with E-state index in [9.17, 15) is 14.4 Å². The second-order valence-electron chi connectivity index (χ2n) is 5.31. The Balaban J connectivity index is -0.000000407. The zero-order valence-electron chi connectivity index (χ0n) is 21.8. The monoisotopic (exact) mass is 459 g/mol. The molecule has 31 heavy (non-hydrogen) atoms. The van der Waals surface area contributed by atoms with Crippen molar-refractivity contribution < 1.29 is 14.4 Å². The number of rotatable bonds is 6. The van der Waals surface area contributed by atoms with Gasteiger partial charge in [0.25, 0.3) is 5.91 Å². The first kappa shape index (κ1) is 36.3. The van der Waals surface area contributed by atoms with Crippen LogP contribution >= 0.6 is 11.6 Å². The first-order chi connectivity index (χ1) is 14.8. The summed E-state index contributed by atoms with van der Waals surface area (Å²) in [6.07, 6.45) is 0. The number of alkyl halides is 1. The molecule has 7 heteroatoms. The molecule has 0 bridgehead atoms. The van der Waals surface area contributed by atoms with E-state index in [2.05, 4.69) is 16.0 Å². The van der Waals surface area contributed by atoms with E-state index < -0.39 is 0 Å². The Morgan fingerprint density at radius 2 is 1.26 bits per heavy atom. The summed E-state index contributed by atoms with van der Waals surface area (Å²) in [4.78, 5) is 34.7. The second kappa shape index (κ2) is 24.2. The smallest absolute Gasteiger partial charge is 0.251 e. The van der Waals surface area contributed by atoms with Crippen LogP contribution in [-0.4, -0.2) is 36.7 Å². The van der Waals surface area contributed by atoms with Gasteiger partial charge in [-0.15, -0.1) is 11.6 Å². The molecule has 0 heterocycles. The lowest BCUT2D eigenvalue weighted by molar-refractivity contribution is -0.118. The number of carbonyl (C=O) groups is 3. The lowest BCUT2D eigenvalue weighted by Gasteiger charge is -2.17. The molecule has 182 valence electrons. The normalized spacial score (nSPS) is 8.29. The van der Waals surface area contributed by atoms with E-state index in [0.29, 0.717) is 24.3 Å². The van der Waals surface area contributed by atoms with Crippen LogP contribution in [0.15, 0.2) is 6.07 Å². The molecule has 3 amide bonds. The number of carbonyl (C=O) groups excluding carboxylic acids is 3. The molecule has 3 N–H and O–H groups in total. The van der Waals surface area contributed by atoms with Crippen molar-refractivity contribution in [1.82, 2.24) is 10.6 Å². The van der Waals surface area contributed by atoms with E-state index in [0.717, 1.165) is 16.7 Å². The van der Waals surface area contributed by atoms with Crippen molar-refractivity contribution in [3.05, 3.63) is 28.3 Å². The molecular formula is C24H46ClN3O3. The van der Waals surface area contributed by atoms with Gasteiger partial charge in [0.2, 0.25) is 11.8 Å². The van der Waals surface area contributed by atoms with Crippen molar-refractivity contribution in [3.63, 3.8) is 0 Å². The van der Waals surface area contributed by atoms with Crippen molar-refractivity contribution >= 4 is 35.0 Å². The summed E-state index contributed by atoms with van der Waals surface area (Å²) in [5, 5.41) is 8.09. The van der Waals surface area contributed by atoms with Gasteiger partial charge in [-0.05, 0) is 37.5 Å². The van der Waals surface area contributed by atoms with Gasteiger partial charge in [0.1, 0.15) is 5.88 Å². The molecule has 0 aliphatic carbocycles. The number of amides is 3. The Labute approximate surface area is 195 Å². The van der Waals surface area contributed by atoms with E-state index in [1.165, 1.54) is 6.92 Å². The maximum Gasteiger partial charge on any atom is 0.251 e. The Hall–Kier alpha value is -2.08. The molecule has 0 fully saturated rings. The lowest BCUT2D eigenvalue weighted by atomic mass is 9.96. The SMILES string of the molecule is CC.CC.CC.CC.CC(=O)Nc1c(C)cc(C)c(C(=O)NCCNC(=O)CCl)c1C. The Bertz CT molecular complexity index is 633. The van der Waals surface area contributed by atoms with Crippen LogP contribution in [0.4, 0.5) is 5.69 Å². The summed E-state index contributed by atoms with van der Waals surface area (Å²) in [7, 11) is 0. The number of aryl methyl sites for hydroxylation is 2. The first-order valence-electron chi connectivity index (χ1n) is 11.3. The lowest BCUT2D eigenvalue weighted by Crippen LogP contribution is -2.35. The third-order valence-corrected chi connectivity index (χ3v) is 3.60. The molecule has 0 saturated carbocycles. The van der Waals surface area contributed by atoms with Crippen LogP contribution in [-0.2, 0) is 9.59 Å². The minimum Gasteiger partial charge on any atom is -0.353 e. The van der Waals surface area contributed by atoms with Gasteiger partial charge >= 0.3 is 0 Å². The fraction of sp³-hybridized carbons (Fsp3) is 0.625. The molecule has 0 unspecified atom stereocenters. The van der Waals surface area contributed by atoms with Gasteiger partial charge in [-0.1, -0.05) is 61.5 Å². The molecule has 1 rings (SSSR count). The fourth-order valence-corrected chi connectivity index (χ4v) is 2.51. The summed E-state index contributed by atoms with van der Waals surface area (Å²) >= 11 is 5.37. The molecular weight excluding hydrogens is 414 g/mol. The van der Waals surface area contributed by atoms with Gasteiger partial charge in [0, 0.05) is 31.3 Å². The number of halogens is 1. The highest BCUT2D eigenvalue weighted by Crippen LogP contribution is 2.26. The molecule has 1 aromatic carbocycles. The van der Waals surface area contributed by atoms with Gasteiger partial charge in [0.15, 0.2) is 0 Å². The van der Waals surface area contributed by atoms with Crippen molar-refractivity contribution in [2.24, 2.45) is 0 Å². The van der Waals surface area contributed by atoms with Crippen molar-refractivity contribution in [3.8, 4) is 0 Å². The fourth-order valence-electron chi connectivity index (χ4n) is 2.42. The van der Waals surface area contributed by atoms with Gasteiger partial charge in [-0.3, -0.25) is 14.4 Å². The molecule has 1 aromatic rings. The zero-order chi connectivity index (χ0) is 25.6. The summed E-state index contributed by atoms with van der Waals surface area (Å²) in [5.74, 6) is -0.817.